The largest absolute Gasteiger partial charge is 0.248 e. The van der Waals surface area contributed by atoms with Gasteiger partial charge in [0, 0.05) is 29.4 Å². The summed E-state index contributed by atoms with van der Waals surface area (Å²) in [6, 6.07) is 21.1. The molecule has 17 heavy (non-hydrogen) atoms. The molecule has 0 aliphatic heterocycles. The van der Waals surface area contributed by atoms with Crippen LogP contribution in [-0.2, 0) is 12.3 Å². The fourth-order valence-corrected chi connectivity index (χ4v) is 3.23. The SMILES string of the molecule is c1ccc(CP=NPCc2ccccc2)cc1. The molecule has 2 aromatic rings. The maximum absolute atomic E-state index is 4.56. The monoisotopic (exact) mass is 259 g/mol. The van der Waals surface area contributed by atoms with Crippen LogP contribution in [0.3, 0.4) is 0 Å². The van der Waals surface area contributed by atoms with Crippen molar-refractivity contribution in [2.75, 3.05) is 0 Å². The molecule has 1 nitrogen and oxygen atoms in total. The van der Waals surface area contributed by atoms with Crippen LogP contribution in [0.5, 0.6) is 0 Å². The third kappa shape index (κ3) is 4.77. The van der Waals surface area contributed by atoms with Crippen LogP contribution < -0.4 is 0 Å². The van der Waals surface area contributed by atoms with Crippen molar-refractivity contribution in [1.29, 1.82) is 0 Å². The van der Waals surface area contributed by atoms with Gasteiger partial charge in [-0.05, 0) is 11.1 Å². The Morgan fingerprint density at radius 2 is 1.41 bits per heavy atom. The summed E-state index contributed by atoms with van der Waals surface area (Å²) in [6.07, 6.45) is 2.10. The first-order valence-electron chi connectivity index (χ1n) is 5.62. The van der Waals surface area contributed by atoms with Crippen molar-refractivity contribution >= 4 is 17.1 Å². The van der Waals surface area contributed by atoms with Gasteiger partial charge in [-0.2, -0.15) is 0 Å². The predicted molar refractivity (Wildman–Crippen MR) is 78.0 cm³/mol. The van der Waals surface area contributed by atoms with Crippen LogP contribution >= 0.6 is 17.1 Å². The normalized spacial score (nSPS) is 11.5. The molecule has 2 aromatic carbocycles. The van der Waals surface area contributed by atoms with Crippen LogP contribution in [0.2, 0.25) is 0 Å². The van der Waals surface area contributed by atoms with E-state index in [9.17, 15) is 0 Å². The van der Waals surface area contributed by atoms with Gasteiger partial charge < -0.3 is 0 Å². The smallest absolute Gasteiger partial charge is 0.0323 e. The van der Waals surface area contributed by atoms with Gasteiger partial charge in [-0.15, -0.1) is 0 Å². The summed E-state index contributed by atoms with van der Waals surface area (Å²) in [6.45, 7) is 0. The van der Waals surface area contributed by atoms with Gasteiger partial charge in [0.25, 0.3) is 0 Å². The fraction of sp³-hybridized carbons (Fsp3) is 0.143. The van der Waals surface area contributed by atoms with E-state index in [1.54, 1.807) is 0 Å². The van der Waals surface area contributed by atoms with Crippen LogP contribution in [0.4, 0.5) is 0 Å². The van der Waals surface area contributed by atoms with E-state index in [1.165, 1.54) is 19.5 Å². The molecule has 0 aliphatic carbocycles. The molecule has 1 unspecified atom stereocenters. The minimum atomic E-state index is 0.674. The molecule has 0 saturated heterocycles. The van der Waals surface area contributed by atoms with E-state index in [1.807, 2.05) is 0 Å². The summed E-state index contributed by atoms with van der Waals surface area (Å²) in [4.78, 5) is 0. The first-order chi connectivity index (χ1) is 8.45. The average Bonchev–Trinajstić information content (AvgIpc) is 2.41. The van der Waals surface area contributed by atoms with E-state index in [0.29, 0.717) is 8.73 Å². The summed E-state index contributed by atoms with van der Waals surface area (Å²) < 4.78 is 4.56. The van der Waals surface area contributed by atoms with Crippen molar-refractivity contribution < 1.29 is 0 Å². The molecule has 0 spiro atoms. The van der Waals surface area contributed by atoms with Crippen molar-refractivity contribution in [3.63, 3.8) is 0 Å². The lowest BCUT2D eigenvalue weighted by molar-refractivity contribution is 1.40. The second kappa shape index (κ2) is 7.33. The Bertz CT molecular complexity index is 454. The predicted octanol–water partition coefficient (Wildman–Crippen LogP) is 5.11. The third-order valence-corrected chi connectivity index (χ3v) is 4.57. The van der Waals surface area contributed by atoms with E-state index < -0.39 is 0 Å². The molecule has 0 fully saturated rings. The first kappa shape index (κ1) is 12.4. The lowest BCUT2D eigenvalue weighted by Crippen LogP contribution is -1.74. The highest BCUT2D eigenvalue weighted by atomic mass is 31.1. The van der Waals surface area contributed by atoms with Crippen LogP contribution in [0, 0.1) is 0 Å². The van der Waals surface area contributed by atoms with Crippen LogP contribution in [0.1, 0.15) is 11.1 Å². The summed E-state index contributed by atoms with van der Waals surface area (Å²) in [5, 5.41) is 0. The molecule has 1 atom stereocenters. The van der Waals surface area contributed by atoms with Gasteiger partial charge in [0.05, 0.1) is 0 Å². The number of benzene rings is 2. The standard InChI is InChI=1S/C14H15NP2/c1-3-7-13(8-4-1)11-16-15-17-12-14-9-5-2-6-10-14/h1-10,16H,11-12H2. The van der Waals surface area contributed by atoms with Gasteiger partial charge in [-0.1, -0.05) is 60.7 Å². The number of hydrogen-bond donors (Lipinski definition) is 0. The minimum Gasteiger partial charge on any atom is -0.248 e. The fourth-order valence-electron chi connectivity index (χ4n) is 1.47. The minimum absolute atomic E-state index is 0.674. The highest BCUT2D eigenvalue weighted by molar-refractivity contribution is 7.44. The quantitative estimate of drug-likeness (QED) is 0.661. The molecule has 0 saturated carbocycles. The summed E-state index contributed by atoms with van der Waals surface area (Å²) >= 11 is 0. The molecule has 2 rings (SSSR count). The second-order valence-corrected chi connectivity index (χ2v) is 5.77. The molecular formula is C14H15NP2. The van der Waals surface area contributed by atoms with Gasteiger partial charge in [0.2, 0.25) is 0 Å². The Morgan fingerprint density at radius 1 is 0.824 bits per heavy atom. The van der Waals surface area contributed by atoms with Gasteiger partial charge in [-0.3, -0.25) is 0 Å². The van der Waals surface area contributed by atoms with Gasteiger partial charge in [0.15, 0.2) is 0 Å². The lowest BCUT2D eigenvalue weighted by atomic mass is 10.2. The third-order valence-electron chi connectivity index (χ3n) is 2.36. The van der Waals surface area contributed by atoms with Crippen molar-refractivity contribution in [2.24, 2.45) is 4.52 Å². The molecule has 3 heteroatoms. The van der Waals surface area contributed by atoms with Crippen LogP contribution in [0.15, 0.2) is 65.2 Å². The Hall–Kier alpha value is -1.03. The molecule has 0 heterocycles. The Balaban J connectivity index is 1.72. The molecule has 0 bridgehead atoms. The molecule has 0 aromatic heterocycles. The van der Waals surface area contributed by atoms with E-state index in [0.717, 1.165) is 12.3 Å². The summed E-state index contributed by atoms with van der Waals surface area (Å²) in [5.74, 6) is 0. The van der Waals surface area contributed by atoms with Crippen molar-refractivity contribution in [3.05, 3.63) is 71.8 Å². The molecule has 0 aliphatic rings. The Kier molecular flexibility index (Phi) is 5.36. The number of rotatable bonds is 5. The van der Waals surface area contributed by atoms with E-state index in [-0.39, 0.29) is 0 Å². The molecule has 86 valence electrons. The number of nitrogens with zero attached hydrogens (tertiary/aromatic N) is 1. The van der Waals surface area contributed by atoms with Crippen LogP contribution in [-0.4, -0.2) is 0 Å². The van der Waals surface area contributed by atoms with Gasteiger partial charge in [-0.25, -0.2) is 4.52 Å². The zero-order valence-corrected chi connectivity index (χ0v) is 11.5. The van der Waals surface area contributed by atoms with Crippen molar-refractivity contribution in [1.82, 2.24) is 0 Å². The average molecular weight is 259 g/mol. The summed E-state index contributed by atoms with van der Waals surface area (Å²) in [7, 11) is 1.85. The maximum atomic E-state index is 4.56. The zero-order chi connectivity index (χ0) is 11.8. The Morgan fingerprint density at radius 3 is 2.06 bits per heavy atom. The zero-order valence-electron chi connectivity index (χ0n) is 9.58. The molecular weight excluding hydrogens is 244 g/mol. The van der Waals surface area contributed by atoms with Gasteiger partial charge in [0.1, 0.15) is 0 Å². The summed E-state index contributed by atoms with van der Waals surface area (Å²) in [5.41, 5.74) is 2.74. The van der Waals surface area contributed by atoms with Crippen LogP contribution in [0.25, 0.3) is 0 Å². The maximum Gasteiger partial charge on any atom is 0.0323 e. The Labute approximate surface area is 106 Å². The molecule has 0 N–H and O–H groups in total. The topological polar surface area (TPSA) is 12.4 Å². The number of hydrogen-bond acceptors (Lipinski definition) is 1. The van der Waals surface area contributed by atoms with E-state index >= 15 is 0 Å². The van der Waals surface area contributed by atoms with Gasteiger partial charge >= 0.3 is 0 Å². The highest BCUT2D eigenvalue weighted by Gasteiger charge is 1.90. The molecule has 0 radical (unpaired) electrons. The second-order valence-electron chi connectivity index (χ2n) is 3.71. The van der Waals surface area contributed by atoms with E-state index in [4.69, 9.17) is 0 Å². The molecule has 0 amide bonds. The highest BCUT2D eigenvalue weighted by Crippen LogP contribution is 2.25. The van der Waals surface area contributed by atoms with Crippen molar-refractivity contribution in [3.8, 4) is 0 Å². The van der Waals surface area contributed by atoms with Crippen molar-refractivity contribution in [2.45, 2.75) is 12.3 Å². The first-order valence-corrected chi connectivity index (χ1v) is 7.81. The van der Waals surface area contributed by atoms with E-state index in [2.05, 4.69) is 65.2 Å². The lowest BCUT2D eigenvalue weighted by Gasteiger charge is -1.96.